The van der Waals surface area contributed by atoms with Crippen LogP contribution in [0.25, 0.3) is 11.1 Å². The van der Waals surface area contributed by atoms with E-state index < -0.39 is 0 Å². The summed E-state index contributed by atoms with van der Waals surface area (Å²) in [6.45, 7) is 3.64. The van der Waals surface area contributed by atoms with Crippen molar-refractivity contribution in [3.63, 3.8) is 0 Å². The van der Waals surface area contributed by atoms with Gasteiger partial charge in [-0.1, -0.05) is 61.5 Å². The predicted molar refractivity (Wildman–Crippen MR) is 99.7 cm³/mol. The molecule has 0 radical (unpaired) electrons. The van der Waals surface area contributed by atoms with Crippen LogP contribution in [0.5, 0.6) is 0 Å². The van der Waals surface area contributed by atoms with Crippen molar-refractivity contribution in [3.8, 4) is 11.1 Å². The van der Waals surface area contributed by atoms with Gasteiger partial charge in [-0.15, -0.1) is 0 Å². The van der Waals surface area contributed by atoms with Crippen molar-refractivity contribution >= 4 is 5.91 Å². The Balaban J connectivity index is 1.52. The Morgan fingerprint density at radius 3 is 2.48 bits per heavy atom. The van der Waals surface area contributed by atoms with E-state index in [0.717, 1.165) is 19.5 Å². The summed E-state index contributed by atoms with van der Waals surface area (Å²) in [5, 5.41) is 0. The minimum Gasteiger partial charge on any atom is -0.342 e. The van der Waals surface area contributed by atoms with E-state index in [0.29, 0.717) is 18.4 Å². The van der Waals surface area contributed by atoms with Gasteiger partial charge in [-0.3, -0.25) is 10.2 Å². The van der Waals surface area contributed by atoms with Crippen molar-refractivity contribution in [2.24, 2.45) is 5.92 Å². The highest BCUT2D eigenvalue weighted by Crippen LogP contribution is 2.34. The standard InChI is InChI=1S/C21H25N3O/c1-2-20(25)24-13-12-19-18(14-24)21(23-22-19)17-10-8-16(9-11-17)15-6-4-3-5-7-15/h3-11,18-19,21-23H,2,12-14H2,1H3. The van der Waals surface area contributed by atoms with E-state index >= 15 is 0 Å². The molecule has 2 fully saturated rings. The molecule has 2 aromatic rings. The smallest absolute Gasteiger partial charge is 0.222 e. The van der Waals surface area contributed by atoms with Crippen molar-refractivity contribution in [2.45, 2.75) is 31.8 Å². The third-order valence-electron chi connectivity index (χ3n) is 5.54. The number of piperidine rings is 1. The molecule has 3 atom stereocenters. The highest BCUT2D eigenvalue weighted by Gasteiger charge is 2.41. The van der Waals surface area contributed by atoms with Crippen LogP contribution in [-0.2, 0) is 4.79 Å². The molecule has 3 unspecified atom stereocenters. The van der Waals surface area contributed by atoms with E-state index in [1.807, 2.05) is 17.9 Å². The summed E-state index contributed by atoms with van der Waals surface area (Å²) in [6, 6.07) is 19.9. The first-order valence-corrected chi connectivity index (χ1v) is 9.20. The number of nitrogens with zero attached hydrogens (tertiary/aromatic N) is 1. The molecule has 0 saturated carbocycles. The van der Waals surface area contributed by atoms with E-state index in [4.69, 9.17) is 0 Å². The van der Waals surface area contributed by atoms with Gasteiger partial charge in [0.15, 0.2) is 0 Å². The lowest BCUT2D eigenvalue weighted by molar-refractivity contribution is -0.132. The molecule has 2 aromatic carbocycles. The van der Waals surface area contributed by atoms with Crippen molar-refractivity contribution < 1.29 is 4.79 Å². The monoisotopic (exact) mass is 335 g/mol. The van der Waals surface area contributed by atoms with Crippen molar-refractivity contribution in [2.75, 3.05) is 13.1 Å². The van der Waals surface area contributed by atoms with Gasteiger partial charge in [-0.25, -0.2) is 5.43 Å². The highest BCUT2D eigenvalue weighted by atomic mass is 16.2. The molecular weight excluding hydrogens is 310 g/mol. The Kier molecular flexibility index (Phi) is 4.55. The van der Waals surface area contributed by atoms with Gasteiger partial charge in [0.1, 0.15) is 0 Å². The summed E-state index contributed by atoms with van der Waals surface area (Å²) in [5.74, 6) is 0.690. The summed E-state index contributed by atoms with van der Waals surface area (Å²) in [4.78, 5) is 14.1. The number of likely N-dealkylation sites (tertiary alicyclic amines) is 1. The van der Waals surface area contributed by atoms with Crippen molar-refractivity contribution in [1.29, 1.82) is 0 Å². The zero-order chi connectivity index (χ0) is 17.2. The van der Waals surface area contributed by atoms with Crippen LogP contribution in [0.1, 0.15) is 31.4 Å². The first-order chi connectivity index (χ1) is 12.3. The van der Waals surface area contributed by atoms with Gasteiger partial charge in [0.25, 0.3) is 0 Å². The van der Waals surface area contributed by atoms with Crippen LogP contribution in [0.4, 0.5) is 0 Å². The number of amides is 1. The number of carbonyl (C=O) groups is 1. The van der Waals surface area contributed by atoms with Crippen molar-refractivity contribution in [3.05, 3.63) is 60.2 Å². The molecular formula is C21H25N3O. The maximum atomic E-state index is 12.1. The van der Waals surface area contributed by atoms with E-state index in [-0.39, 0.29) is 11.9 Å². The quantitative estimate of drug-likeness (QED) is 0.906. The summed E-state index contributed by atoms with van der Waals surface area (Å²) in [6.07, 6.45) is 1.61. The average Bonchev–Trinajstić information content (AvgIpc) is 3.11. The molecule has 4 heteroatoms. The highest BCUT2D eigenvalue weighted by molar-refractivity contribution is 5.76. The summed E-state index contributed by atoms with van der Waals surface area (Å²) >= 11 is 0. The van der Waals surface area contributed by atoms with E-state index in [1.165, 1.54) is 16.7 Å². The van der Waals surface area contributed by atoms with Gasteiger partial charge in [-0.05, 0) is 23.1 Å². The summed E-state index contributed by atoms with van der Waals surface area (Å²) < 4.78 is 0. The van der Waals surface area contributed by atoms with Crippen LogP contribution >= 0.6 is 0 Å². The SMILES string of the molecule is CCC(=O)N1CCC2NNC(c3ccc(-c4ccccc4)cc3)C2C1. The maximum absolute atomic E-state index is 12.1. The van der Waals surface area contributed by atoms with E-state index in [2.05, 4.69) is 59.4 Å². The number of hydrazine groups is 1. The number of carbonyl (C=O) groups excluding carboxylic acids is 1. The number of nitrogens with one attached hydrogen (secondary N) is 2. The number of rotatable bonds is 3. The van der Waals surface area contributed by atoms with Crippen LogP contribution in [0.2, 0.25) is 0 Å². The van der Waals surface area contributed by atoms with Gasteiger partial charge >= 0.3 is 0 Å². The zero-order valence-electron chi connectivity index (χ0n) is 14.6. The molecule has 2 saturated heterocycles. The average molecular weight is 335 g/mol. The fraction of sp³-hybridized carbons (Fsp3) is 0.381. The lowest BCUT2D eigenvalue weighted by atomic mass is 9.84. The van der Waals surface area contributed by atoms with Crippen molar-refractivity contribution in [1.82, 2.24) is 15.8 Å². The molecule has 4 nitrogen and oxygen atoms in total. The Labute approximate surface area is 149 Å². The molecule has 25 heavy (non-hydrogen) atoms. The molecule has 4 rings (SSSR count). The molecule has 0 aliphatic carbocycles. The van der Waals surface area contributed by atoms with Crippen LogP contribution in [0.15, 0.2) is 54.6 Å². The van der Waals surface area contributed by atoms with E-state index in [9.17, 15) is 4.79 Å². The number of hydrogen-bond donors (Lipinski definition) is 2. The largest absolute Gasteiger partial charge is 0.342 e. The van der Waals surface area contributed by atoms with Gasteiger partial charge in [0.05, 0.1) is 6.04 Å². The predicted octanol–water partition coefficient (Wildman–Crippen LogP) is 3.13. The molecule has 2 heterocycles. The van der Waals surface area contributed by atoms with Crippen LogP contribution in [-0.4, -0.2) is 29.9 Å². The Morgan fingerprint density at radius 1 is 1.04 bits per heavy atom. The Morgan fingerprint density at radius 2 is 1.76 bits per heavy atom. The van der Waals surface area contributed by atoms with Crippen LogP contribution < -0.4 is 10.9 Å². The fourth-order valence-corrected chi connectivity index (χ4v) is 4.10. The zero-order valence-corrected chi connectivity index (χ0v) is 14.6. The van der Waals surface area contributed by atoms with Gasteiger partial charge in [0, 0.05) is 31.5 Å². The second-order valence-electron chi connectivity index (χ2n) is 7.01. The molecule has 0 bridgehead atoms. The third kappa shape index (κ3) is 3.20. The van der Waals surface area contributed by atoms with Gasteiger partial charge in [-0.2, -0.15) is 0 Å². The first-order valence-electron chi connectivity index (χ1n) is 9.20. The summed E-state index contributed by atoms with van der Waals surface area (Å²) in [5.41, 5.74) is 10.7. The third-order valence-corrected chi connectivity index (χ3v) is 5.54. The fourth-order valence-electron chi connectivity index (χ4n) is 4.10. The number of benzene rings is 2. The lowest BCUT2D eigenvalue weighted by Crippen LogP contribution is -2.47. The molecule has 0 aromatic heterocycles. The van der Waals surface area contributed by atoms with Gasteiger partial charge < -0.3 is 4.90 Å². The van der Waals surface area contributed by atoms with E-state index in [1.54, 1.807) is 0 Å². The number of fused-ring (bicyclic) bond motifs is 1. The Bertz CT molecular complexity index is 729. The minimum absolute atomic E-state index is 0.252. The molecule has 0 spiro atoms. The molecule has 130 valence electrons. The van der Waals surface area contributed by atoms with Crippen LogP contribution in [0, 0.1) is 5.92 Å². The normalized spacial score (nSPS) is 25.6. The summed E-state index contributed by atoms with van der Waals surface area (Å²) in [7, 11) is 0. The molecule has 2 aliphatic rings. The molecule has 2 aliphatic heterocycles. The maximum Gasteiger partial charge on any atom is 0.222 e. The first kappa shape index (κ1) is 16.3. The number of hydrogen-bond acceptors (Lipinski definition) is 3. The Hall–Kier alpha value is -2.17. The molecule has 2 N–H and O–H groups in total. The van der Waals surface area contributed by atoms with Gasteiger partial charge in [0.2, 0.25) is 5.91 Å². The minimum atomic E-state index is 0.252. The lowest BCUT2D eigenvalue weighted by Gasteiger charge is -2.36. The van der Waals surface area contributed by atoms with Crippen LogP contribution in [0.3, 0.4) is 0 Å². The topological polar surface area (TPSA) is 44.4 Å². The second kappa shape index (κ2) is 6.98. The second-order valence-corrected chi connectivity index (χ2v) is 7.01. The molecule has 1 amide bonds.